The van der Waals surface area contributed by atoms with Gasteiger partial charge >= 0.3 is 0 Å². The lowest BCUT2D eigenvalue weighted by Gasteiger charge is -2.20. The molecule has 2 rings (SSSR count). The van der Waals surface area contributed by atoms with Gasteiger partial charge in [-0.1, -0.05) is 0 Å². The lowest BCUT2D eigenvalue weighted by molar-refractivity contribution is 0.0276. The number of sulfone groups is 1. The van der Waals surface area contributed by atoms with Gasteiger partial charge in [0.1, 0.15) is 5.60 Å². The Kier molecular flexibility index (Phi) is 4.96. The Hall–Kier alpha value is -1.46. The molecule has 21 heavy (non-hydrogen) atoms. The number of ether oxygens (including phenoxy) is 1. The molecule has 2 N–H and O–H groups in total. The van der Waals surface area contributed by atoms with E-state index >= 15 is 0 Å². The second-order valence-corrected chi connectivity index (χ2v) is 7.27. The van der Waals surface area contributed by atoms with Crippen molar-refractivity contribution in [2.24, 2.45) is 0 Å². The highest BCUT2D eigenvalue weighted by Gasteiger charge is 2.31. The highest BCUT2D eigenvalue weighted by molar-refractivity contribution is 7.91. The monoisotopic (exact) mass is 310 g/mol. The molecule has 0 saturated carbocycles. The van der Waals surface area contributed by atoms with Crippen molar-refractivity contribution in [3.63, 3.8) is 0 Å². The van der Waals surface area contributed by atoms with E-state index in [1.54, 1.807) is 0 Å². The van der Waals surface area contributed by atoms with Crippen LogP contribution in [0.15, 0.2) is 29.2 Å². The highest BCUT2D eigenvalue weighted by Crippen LogP contribution is 2.17. The number of benzene rings is 1. The van der Waals surface area contributed by atoms with Crippen molar-refractivity contribution < 1.29 is 18.3 Å². The predicted octanol–water partition coefficient (Wildman–Crippen LogP) is 0.0730. The van der Waals surface area contributed by atoms with Gasteiger partial charge in [0, 0.05) is 26.1 Å². The fourth-order valence-electron chi connectivity index (χ4n) is 2.12. The third-order valence-electron chi connectivity index (χ3n) is 3.43. The largest absolute Gasteiger partial charge is 0.386 e. The number of aliphatic hydroxyl groups is 1. The molecule has 1 aromatic rings. The molecular formula is C14H18N2O4S. The summed E-state index contributed by atoms with van der Waals surface area (Å²) < 4.78 is 29.3. The van der Waals surface area contributed by atoms with Crippen LogP contribution in [0.3, 0.4) is 0 Å². The maximum absolute atomic E-state index is 12.1. The summed E-state index contributed by atoms with van der Waals surface area (Å²) in [7, 11) is -3.39. The van der Waals surface area contributed by atoms with Crippen LogP contribution in [0.4, 0.5) is 0 Å². The third kappa shape index (κ3) is 4.25. The molecule has 1 atom stereocenters. The first-order chi connectivity index (χ1) is 9.95. The lowest BCUT2D eigenvalue weighted by atomic mass is 10.0. The molecule has 7 heteroatoms. The van der Waals surface area contributed by atoms with E-state index in [0.717, 1.165) is 0 Å². The molecule has 0 spiro atoms. The van der Waals surface area contributed by atoms with Crippen LogP contribution in [0.1, 0.15) is 12.0 Å². The third-order valence-corrected chi connectivity index (χ3v) is 5.16. The average Bonchev–Trinajstić information content (AvgIpc) is 2.91. The van der Waals surface area contributed by atoms with E-state index in [4.69, 9.17) is 10.00 Å². The van der Waals surface area contributed by atoms with Gasteiger partial charge in [-0.15, -0.1) is 0 Å². The van der Waals surface area contributed by atoms with Crippen LogP contribution in [0.5, 0.6) is 0 Å². The molecule has 1 fully saturated rings. The molecule has 114 valence electrons. The quantitative estimate of drug-likeness (QED) is 0.722. The molecule has 1 aliphatic heterocycles. The first-order valence-corrected chi connectivity index (χ1v) is 8.34. The molecule has 0 aliphatic carbocycles. The SMILES string of the molecule is N#Cc1ccc(S(=O)(=O)CCNCC2(O)CCOC2)cc1. The van der Waals surface area contributed by atoms with Gasteiger partial charge in [-0.05, 0) is 24.3 Å². The van der Waals surface area contributed by atoms with E-state index in [9.17, 15) is 13.5 Å². The zero-order chi connectivity index (χ0) is 15.3. The summed E-state index contributed by atoms with van der Waals surface area (Å²) >= 11 is 0. The summed E-state index contributed by atoms with van der Waals surface area (Å²) in [6.07, 6.45) is 0.558. The van der Waals surface area contributed by atoms with Gasteiger partial charge in [-0.3, -0.25) is 0 Å². The molecule has 0 bridgehead atoms. The Morgan fingerprint density at radius 3 is 2.67 bits per heavy atom. The van der Waals surface area contributed by atoms with Gasteiger partial charge in [0.25, 0.3) is 0 Å². The van der Waals surface area contributed by atoms with Crippen LogP contribution < -0.4 is 5.32 Å². The smallest absolute Gasteiger partial charge is 0.179 e. The van der Waals surface area contributed by atoms with Gasteiger partial charge in [0.15, 0.2) is 9.84 Å². The van der Waals surface area contributed by atoms with Gasteiger partial charge < -0.3 is 15.2 Å². The maximum atomic E-state index is 12.1. The van der Waals surface area contributed by atoms with Crippen LogP contribution in [0, 0.1) is 11.3 Å². The number of rotatable bonds is 6. The molecular weight excluding hydrogens is 292 g/mol. The van der Waals surface area contributed by atoms with Crippen molar-refractivity contribution in [1.29, 1.82) is 5.26 Å². The van der Waals surface area contributed by atoms with Crippen LogP contribution in [0.25, 0.3) is 0 Å². The van der Waals surface area contributed by atoms with Gasteiger partial charge in [-0.25, -0.2) is 8.42 Å². The molecule has 1 aliphatic rings. The Bertz CT molecular complexity index is 613. The average molecular weight is 310 g/mol. The van der Waals surface area contributed by atoms with Gasteiger partial charge in [0.05, 0.1) is 28.9 Å². The topological polar surface area (TPSA) is 99.4 Å². The molecule has 6 nitrogen and oxygen atoms in total. The first kappa shape index (κ1) is 15.9. The van der Waals surface area contributed by atoms with Gasteiger partial charge in [0.2, 0.25) is 0 Å². The van der Waals surface area contributed by atoms with E-state index in [1.807, 2.05) is 6.07 Å². The minimum absolute atomic E-state index is 0.0597. The van der Waals surface area contributed by atoms with Crippen molar-refractivity contribution in [3.05, 3.63) is 29.8 Å². The summed E-state index contributed by atoms with van der Waals surface area (Å²) in [4.78, 5) is 0.200. The van der Waals surface area contributed by atoms with E-state index in [1.165, 1.54) is 24.3 Å². The fourth-order valence-corrected chi connectivity index (χ4v) is 3.32. The molecule has 0 amide bonds. The zero-order valence-electron chi connectivity index (χ0n) is 11.6. The number of hydrogen-bond donors (Lipinski definition) is 2. The number of nitrogens with one attached hydrogen (secondary N) is 1. The van der Waals surface area contributed by atoms with E-state index in [2.05, 4.69) is 5.32 Å². The van der Waals surface area contributed by atoms with Crippen molar-refractivity contribution in [2.45, 2.75) is 16.9 Å². The summed E-state index contributed by atoms with van der Waals surface area (Å²) in [5.41, 5.74) is -0.464. The fraction of sp³-hybridized carbons (Fsp3) is 0.500. The lowest BCUT2D eigenvalue weighted by Crippen LogP contribution is -2.42. The second kappa shape index (κ2) is 6.54. The Morgan fingerprint density at radius 1 is 1.38 bits per heavy atom. The molecule has 1 saturated heterocycles. The summed E-state index contributed by atoms with van der Waals surface area (Å²) in [5, 5.41) is 21.7. The van der Waals surface area contributed by atoms with Crippen molar-refractivity contribution in [1.82, 2.24) is 5.32 Å². The molecule has 1 heterocycles. The first-order valence-electron chi connectivity index (χ1n) is 6.69. The van der Waals surface area contributed by atoms with Crippen LogP contribution in [-0.4, -0.2) is 51.2 Å². The normalized spacial score (nSPS) is 22.1. The minimum atomic E-state index is -3.39. The Balaban J connectivity index is 1.85. The van der Waals surface area contributed by atoms with E-state index in [0.29, 0.717) is 25.1 Å². The molecule has 1 unspecified atom stereocenters. The Morgan fingerprint density at radius 2 is 2.10 bits per heavy atom. The number of nitrogens with zero attached hydrogens (tertiary/aromatic N) is 1. The van der Waals surface area contributed by atoms with Crippen LogP contribution in [-0.2, 0) is 14.6 Å². The van der Waals surface area contributed by atoms with Crippen LogP contribution in [0.2, 0.25) is 0 Å². The van der Waals surface area contributed by atoms with E-state index < -0.39 is 15.4 Å². The zero-order valence-corrected chi connectivity index (χ0v) is 12.4. The summed E-state index contributed by atoms with van der Waals surface area (Å²) in [6.45, 7) is 1.38. The summed E-state index contributed by atoms with van der Waals surface area (Å²) in [6, 6.07) is 7.79. The maximum Gasteiger partial charge on any atom is 0.179 e. The van der Waals surface area contributed by atoms with Crippen molar-refractivity contribution in [3.8, 4) is 6.07 Å². The standard InChI is InChI=1S/C14H18N2O4S/c15-9-12-1-3-13(4-2-12)21(18,19)8-6-16-10-14(17)5-7-20-11-14/h1-4,16-17H,5-8,10-11H2. The molecule has 0 radical (unpaired) electrons. The van der Waals surface area contributed by atoms with Gasteiger partial charge in [-0.2, -0.15) is 5.26 Å². The van der Waals surface area contributed by atoms with Crippen LogP contribution >= 0.6 is 0 Å². The molecule has 1 aromatic carbocycles. The highest BCUT2D eigenvalue weighted by atomic mass is 32.2. The van der Waals surface area contributed by atoms with Crippen molar-refractivity contribution in [2.75, 3.05) is 32.1 Å². The number of nitriles is 1. The minimum Gasteiger partial charge on any atom is -0.386 e. The number of hydrogen-bond acceptors (Lipinski definition) is 6. The van der Waals surface area contributed by atoms with Crippen molar-refractivity contribution >= 4 is 9.84 Å². The predicted molar refractivity (Wildman–Crippen MR) is 76.5 cm³/mol. The van der Waals surface area contributed by atoms with E-state index in [-0.39, 0.29) is 23.8 Å². The Labute approximate surface area is 124 Å². The second-order valence-electron chi connectivity index (χ2n) is 5.16. The molecule has 0 aromatic heterocycles. The summed E-state index contributed by atoms with van der Waals surface area (Å²) in [5.74, 6) is -0.0597.